The van der Waals surface area contributed by atoms with Crippen molar-refractivity contribution in [3.63, 3.8) is 0 Å². The fourth-order valence-electron chi connectivity index (χ4n) is 2.82. The molecule has 190 valence electrons. The lowest BCUT2D eigenvalue weighted by molar-refractivity contribution is -0.387. The zero-order chi connectivity index (χ0) is 27.3. The van der Waals surface area contributed by atoms with E-state index in [2.05, 4.69) is 25.9 Å². The molecule has 0 bridgehead atoms. The van der Waals surface area contributed by atoms with Crippen molar-refractivity contribution in [3.8, 4) is 35.3 Å². The van der Waals surface area contributed by atoms with Gasteiger partial charge in [0, 0.05) is 24.1 Å². The number of rotatable bonds is 9. The van der Waals surface area contributed by atoms with Gasteiger partial charge in [0.25, 0.3) is 5.91 Å². The number of benzene rings is 2. The molecule has 0 spiro atoms. The lowest BCUT2D eigenvalue weighted by Gasteiger charge is -2.14. The number of nitriles is 1. The maximum Gasteiger partial charge on any atom is 0.392 e. The van der Waals surface area contributed by atoms with Crippen molar-refractivity contribution in [1.82, 2.24) is 14.9 Å². The number of carbonyl (C=O) groups is 2. The first kappa shape index (κ1) is 26.8. The molecule has 1 unspecified atom stereocenters. The monoisotopic (exact) mass is 571 g/mol. The first-order valence-electron chi connectivity index (χ1n) is 10.3. The Labute approximate surface area is 218 Å². The predicted octanol–water partition coefficient (Wildman–Crippen LogP) is 4.16. The molecule has 1 aromatic heterocycles. The number of carboxylic acid groups (broad SMARTS) is 1. The summed E-state index contributed by atoms with van der Waals surface area (Å²) in [6, 6.07) is 11.7. The Morgan fingerprint density at radius 2 is 1.84 bits per heavy atom. The molecular weight excluding hydrogens is 554 g/mol. The van der Waals surface area contributed by atoms with E-state index in [0.29, 0.717) is 4.47 Å². The van der Waals surface area contributed by atoms with Crippen LogP contribution in [0.4, 0.5) is 5.69 Å². The van der Waals surface area contributed by atoms with Crippen LogP contribution in [0.5, 0.6) is 29.3 Å². The van der Waals surface area contributed by atoms with Crippen LogP contribution in [-0.2, 0) is 4.79 Å². The Kier molecular flexibility index (Phi) is 8.20. The topological polar surface area (TPSA) is 178 Å². The van der Waals surface area contributed by atoms with E-state index in [0.717, 1.165) is 6.92 Å². The average molecular weight is 572 g/mol. The molecule has 0 aliphatic heterocycles. The molecule has 2 aromatic carbocycles. The SMILES string of the molecule is CC(Oc1nc(Oc2cccc(C(=O)N(C)C)c2)nc(Oc2cc(Br)cc(C#N)c2)c1[N+](=O)[O-])C(=O)O. The van der Waals surface area contributed by atoms with E-state index in [1.165, 1.54) is 35.2 Å². The minimum absolute atomic E-state index is 0.00878. The number of ether oxygens (including phenoxy) is 3. The van der Waals surface area contributed by atoms with Crippen LogP contribution in [0.1, 0.15) is 22.8 Å². The van der Waals surface area contributed by atoms with Crippen molar-refractivity contribution in [2.45, 2.75) is 13.0 Å². The number of hydrogen-bond donors (Lipinski definition) is 1. The van der Waals surface area contributed by atoms with Gasteiger partial charge in [0.2, 0.25) is 0 Å². The second kappa shape index (κ2) is 11.3. The van der Waals surface area contributed by atoms with Gasteiger partial charge in [-0.25, -0.2) is 4.79 Å². The standard InChI is InChI=1S/C23H18BrN5O8/c1-12(22(31)32)35-19-18(29(33)34)20(36-17-8-13(11-25)7-15(24)10-17)27-23(26-19)37-16-6-4-5-14(9-16)21(30)28(2)3/h4-10,12H,1-3H3,(H,31,32). The van der Waals surface area contributed by atoms with Crippen molar-refractivity contribution in [2.24, 2.45) is 0 Å². The van der Waals surface area contributed by atoms with E-state index in [-0.39, 0.29) is 28.5 Å². The molecule has 0 radical (unpaired) electrons. The van der Waals surface area contributed by atoms with Crippen LogP contribution in [0.25, 0.3) is 0 Å². The molecule has 13 nitrogen and oxygen atoms in total. The minimum Gasteiger partial charge on any atom is -0.479 e. The Balaban J connectivity index is 2.12. The van der Waals surface area contributed by atoms with Crippen LogP contribution in [-0.4, -0.2) is 57.0 Å². The highest BCUT2D eigenvalue weighted by atomic mass is 79.9. The van der Waals surface area contributed by atoms with Gasteiger partial charge in [-0.3, -0.25) is 14.9 Å². The molecule has 0 fully saturated rings. The molecule has 0 saturated carbocycles. The number of amides is 1. The number of carbonyl (C=O) groups excluding carboxylic acids is 1. The van der Waals surface area contributed by atoms with E-state index in [9.17, 15) is 30.1 Å². The van der Waals surface area contributed by atoms with Crippen LogP contribution >= 0.6 is 15.9 Å². The van der Waals surface area contributed by atoms with Gasteiger partial charge in [-0.15, -0.1) is 0 Å². The van der Waals surface area contributed by atoms with Gasteiger partial charge in [0.15, 0.2) is 6.10 Å². The number of hydrogen-bond acceptors (Lipinski definition) is 10. The van der Waals surface area contributed by atoms with Crippen molar-refractivity contribution < 1.29 is 33.8 Å². The van der Waals surface area contributed by atoms with Gasteiger partial charge in [-0.1, -0.05) is 22.0 Å². The third-order valence-corrected chi connectivity index (χ3v) is 4.99. The second-order valence-electron chi connectivity index (χ2n) is 7.54. The summed E-state index contributed by atoms with van der Waals surface area (Å²) in [5.74, 6) is -2.95. The van der Waals surface area contributed by atoms with Gasteiger partial charge in [-0.05, 0) is 43.3 Å². The van der Waals surface area contributed by atoms with E-state index in [1.54, 1.807) is 26.2 Å². The fraction of sp³-hybridized carbons (Fsp3) is 0.174. The van der Waals surface area contributed by atoms with Gasteiger partial charge < -0.3 is 24.2 Å². The molecule has 1 amide bonds. The Bertz CT molecular complexity index is 1420. The number of halogens is 1. The number of carboxylic acids is 1. The van der Waals surface area contributed by atoms with Crippen molar-refractivity contribution in [2.75, 3.05) is 14.1 Å². The van der Waals surface area contributed by atoms with Crippen LogP contribution in [0, 0.1) is 21.4 Å². The van der Waals surface area contributed by atoms with Crippen LogP contribution in [0.2, 0.25) is 0 Å². The third kappa shape index (κ3) is 6.67. The molecule has 1 atom stereocenters. The molecule has 0 aliphatic rings. The molecule has 37 heavy (non-hydrogen) atoms. The van der Waals surface area contributed by atoms with Gasteiger partial charge >= 0.3 is 29.4 Å². The smallest absolute Gasteiger partial charge is 0.392 e. The first-order chi connectivity index (χ1) is 17.5. The Hall–Kier alpha value is -4.77. The molecule has 3 aromatic rings. The molecule has 0 saturated heterocycles. The van der Waals surface area contributed by atoms with E-state index >= 15 is 0 Å². The highest BCUT2D eigenvalue weighted by molar-refractivity contribution is 9.10. The minimum atomic E-state index is -1.52. The molecular formula is C23H18BrN5O8. The summed E-state index contributed by atoms with van der Waals surface area (Å²) in [7, 11) is 3.15. The number of aromatic nitrogens is 2. The normalized spacial score (nSPS) is 11.1. The van der Waals surface area contributed by atoms with Crippen molar-refractivity contribution in [1.29, 1.82) is 5.26 Å². The predicted molar refractivity (Wildman–Crippen MR) is 130 cm³/mol. The highest BCUT2D eigenvalue weighted by Crippen LogP contribution is 2.40. The Morgan fingerprint density at radius 1 is 1.14 bits per heavy atom. The summed E-state index contributed by atoms with van der Waals surface area (Å²) in [5, 5.41) is 30.3. The zero-order valence-electron chi connectivity index (χ0n) is 19.5. The van der Waals surface area contributed by atoms with Crippen LogP contribution < -0.4 is 14.2 Å². The van der Waals surface area contributed by atoms with Crippen molar-refractivity contribution >= 4 is 33.5 Å². The molecule has 3 rings (SSSR count). The van der Waals surface area contributed by atoms with E-state index in [4.69, 9.17) is 14.2 Å². The van der Waals surface area contributed by atoms with E-state index < -0.39 is 40.5 Å². The van der Waals surface area contributed by atoms with Gasteiger partial charge in [-0.2, -0.15) is 15.2 Å². The van der Waals surface area contributed by atoms with Crippen LogP contribution in [0.3, 0.4) is 0 Å². The summed E-state index contributed by atoms with van der Waals surface area (Å²) in [5.41, 5.74) is -0.388. The van der Waals surface area contributed by atoms with Gasteiger partial charge in [0.05, 0.1) is 16.6 Å². The molecule has 1 heterocycles. The zero-order valence-corrected chi connectivity index (χ0v) is 21.1. The number of aliphatic carboxylic acids is 1. The molecule has 1 N–H and O–H groups in total. The quantitative estimate of drug-likeness (QED) is 0.288. The van der Waals surface area contributed by atoms with Crippen LogP contribution in [0.15, 0.2) is 46.9 Å². The third-order valence-electron chi connectivity index (χ3n) is 4.53. The fourth-order valence-corrected chi connectivity index (χ4v) is 3.30. The lowest BCUT2D eigenvalue weighted by Crippen LogP contribution is -2.24. The summed E-state index contributed by atoms with van der Waals surface area (Å²) in [6.45, 7) is 1.15. The number of nitrogens with zero attached hydrogens (tertiary/aromatic N) is 5. The molecule has 0 aliphatic carbocycles. The molecule has 14 heteroatoms. The Morgan fingerprint density at radius 3 is 2.46 bits per heavy atom. The second-order valence-corrected chi connectivity index (χ2v) is 8.46. The maximum atomic E-state index is 12.3. The average Bonchev–Trinajstić information content (AvgIpc) is 2.82. The summed E-state index contributed by atoms with van der Waals surface area (Å²) >= 11 is 3.22. The maximum absolute atomic E-state index is 12.3. The first-order valence-corrected chi connectivity index (χ1v) is 11.1. The summed E-state index contributed by atoms with van der Waals surface area (Å²) in [6.07, 6.45) is -1.52. The highest BCUT2D eigenvalue weighted by Gasteiger charge is 2.32. The summed E-state index contributed by atoms with van der Waals surface area (Å²) in [4.78, 5) is 43.8. The van der Waals surface area contributed by atoms with E-state index in [1.807, 2.05) is 6.07 Å². The number of nitro groups is 1. The largest absolute Gasteiger partial charge is 0.479 e. The van der Waals surface area contributed by atoms with Gasteiger partial charge in [0.1, 0.15) is 11.5 Å². The van der Waals surface area contributed by atoms with Crippen molar-refractivity contribution in [3.05, 3.63) is 68.2 Å². The lowest BCUT2D eigenvalue weighted by atomic mass is 10.2. The summed E-state index contributed by atoms with van der Waals surface area (Å²) < 4.78 is 16.9.